The summed E-state index contributed by atoms with van der Waals surface area (Å²) in [5, 5.41) is 10.8. The van der Waals surface area contributed by atoms with Crippen LogP contribution in [0, 0.1) is 0 Å². The van der Waals surface area contributed by atoms with Crippen molar-refractivity contribution in [2.45, 2.75) is 46.1 Å². The van der Waals surface area contributed by atoms with Crippen LogP contribution in [0.3, 0.4) is 0 Å². The third-order valence-corrected chi connectivity index (χ3v) is 4.78. The molecule has 0 fully saturated rings. The van der Waals surface area contributed by atoms with Gasteiger partial charge in [0.05, 0.1) is 23.1 Å². The lowest BCUT2D eigenvalue weighted by Gasteiger charge is -2.20. The second kappa shape index (κ2) is 8.94. The van der Waals surface area contributed by atoms with Crippen molar-refractivity contribution in [1.82, 2.24) is 15.1 Å². The van der Waals surface area contributed by atoms with Gasteiger partial charge >= 0.3 is 0 Å². The predicted octanol–water partition coefficient (Wildman–Crippen LogP) is 5.43. The maximum atomic E-state index is 13.0. The van der Waals surface area contributed by atoms with Crippen LogP contribution >= 0.6 is 11.6 Å². The van der Waals surface area contributed by atoms with Crippen LogP contribution in [0.2, 0.25) is 5.02 Å². The van der Waals surface area contributed by atoms with E-state index in [4.69, 9.17) is 11.6 Å². The summed E-state index contributed by atoms with van der Waals surface area (Å²) >= 11 is 6.12. The van der Waals surface area contributed by atoms with Gasteiger partial charge in [0.1, 0.15) is 0 Å². The molecule has 31 heavy (non-hydrogen) atoms. The summed E-state index contributed by atoms with van der Waals surface area (Å²) in [5.41, 5.74) is 2.89. The molecule has 1 heterocycles. The third-order valence-electron chi connectivity index (χ3n) is 4.54. The quantitative estimate of drug-likeness (QED) is 0.557. The summed E-state index contributed by atoms with van der Waals surface area (Å²) in [6.07, 6.45) is 1.57. The minimum absolute atomic E-state index is 0.0608. The van der Waals surface area contributed by atoms with Gasteiger partial charge in [0.2, 0.25) is 0 Å². The van der Waals surface area contributed by atoms with Gasteiger partial charge in [-0.25, -0.2) is 4.68 Å². The highest BCUT2D eigenvalue weighted by molar-refractivity contribution is 6.30. The highest BCUT2D eigenvalue weighted by atomic mass is 35.5. The molecule has 0 saturated carbocycles. The molecule has 0 bridgehead atoms. The molecule has 0 atom stereocenters. The maximum absolute atomic E-state index is 13.0. The standard InChI is InChI=1S/C24H27ClN4O2/c1-15(2)21-20(14-26-29(21)19-8-6-7-17(25)13-19)23(31)27-18-11-9-16(10-12-18)22(30)28-24(3,4)5/h6-15H,1-5H3,(H,27,31)(H,28,30). The summed E-state index contributed by atoms with van der Waals surface area (Å²) in [6, 6.07) is 14.2. The molecular weight excluding hydrogens is 412 g/mol. The van der Waals surface area contributed by atoms with E-state index in [2.05, 4.69) is 15.7 Å². The number of aromatic nitrogens is 2. The first kappa shape index (κ1) is 22.6. The van der Waals surface area contributed by atoms with Gasteiger partial charge in [-0.1, -0.05) is 31.5 Å². The summed E-state index contributed by atoms with van der Waals surface area (Å²) in [6.45, 7) is 9.80. The van der Waals surface area contributed by atoms with Crippen LogP contribution in [0.5, 0.6) is 0 Å². The fraction of sp³-hybridized carbons (Fsp3) is 0.292. The normalized spacial score (nSPS) is 11.5. The van der Waals surface area contributed by atoms with Crippen molar-refractivity contribution in [3.63, 3.8) is 0 Å². The van der Waals surface area contributed by atoms with Crippen molar-refractivity contribution in [1.29, 1.82) is 0 Å². The van der Waals surface area contributed by atoms with Crippen LogP contribution in [-0.4, -0.2) is 27.1 Å². The first-order valence-corrected chi connectivity index (χ1v) is 10.5. The van der Waals surface area contributed by atoms with Crippen LogP contribution < -0.4 is 10.6 Å². The van der Waals surface area contributed by atoms with Gasteiger partial charge in [0.15, 0.2) is 0 Å². The van der Waals surface area contributed by atoms with Gasteiger partial charge in [-0.15, -0.1) is 0 Å². The molecule has 1 aromatic heterocycles. The Balaban J connectivity index is 1.82. The van der Waals surface area contributed by atoms with E-state index in [0.717, 1.165) is 11.4 Å². The lowest BCUT2D eigenvalue weighted by atomic mass is 10.0. The molecule has 162 valence electrons. The van der Waals surface area contributed by atoms with Crippen LogP contribution in [0.1, 0.15) is 66.9 Å². The first-order valence-electron chi connectivity index (χ1n) is 10.1. The lowest BCUT2D eigenvalue weighted by Crippen LogP contribution is -2.40. The largest absolute Gasteiger partial charge is 0.347 e. The van der Waals surface area contributed by atoms with Crippen molar-refractivity contribution in [2.24, 2.45) is 0 Å². The zero-order valence-corrected chi connectivity index (χ0v) is 19.1. The first-order chi connectivity index (χ1) is 14.5. The fourth-order valence-electron chi connectivity index (χ4n) is 3.22. The molecule has 6 nitrogen and oxygen atoms in total. The average Bonchev–Trinajstić information content (AvgIpc) is 3.13. The van der Waals surface area contributed by atoms with E-state index in [1.807, 2.05) is 52.8 Å². The van der Waals surface area contributed by atoms with Crippen molar-refractivity contribution < 1.29 is 9.59 Å². The lowest BCUT2D eigenvalue weighted by molar-refractivity contribution is 0.0919. The zero-order valence-electron chi connectivity index (χ0n) is 18.4. The van der Waals surface area contributed by atoms with Crippen LogP contribution in [-0.2, 0) is 0 Å². The highest BCUT2D eigenvalue weighted by Crippen LogP contribution is 2.25. The maximum Gasteiger partial charge on any atom is 0.259 e. The van der Waals surface area contributed by atoms with Crippen LogP contribution in [0.4, 0.5) is 5.69 Å². The second-order valence-corrected chi connectivity index (χ2v) is 9.16. The van der Waals surface area contributed by atoms with Crippen LogP contribution in [0.25, 0.3) is 5.69 Å². The Hall–Kier alpha value is -3.12. The number of amides is 2. The van der Waals surface area contributed by atoms with E-state index in [1.165, 1.54) is 0 Å². The third kappa shape index (κ3) is 5.52. The SMILES string of the molecule is CC(C)c1c(C(=O)Nc2ccc(C(=O)NC(C)(C)C)cc2)cnn1-c1cccc(Cl)c1. The number of benzene rings is 2. The number of hydrogen-bond donors (Lipinski definition) is 2. The molecule has 7 heteroatoms. The fourth-order valence-corrected chi connectivity index (χ4v) is 3.40. The molecule has 2 aromatic carbocycles. The number of carbonyl (C=O) groups excluding carboxylic acids is 2. The molecule has 2 amide bonds. The summed E-state index contributed by atoms with van der Waals surface area (Å²) in [4.78, 5) is 25.3. The van der Waals surface area contributed by atoms with Crippen molar-refractivity contribution >= 4 is 29.1 Å². The minimum atomic E-state index is -0.319. The summed E-state index contributed by atoms with van der Waals surface area (Å²) < 4.78 is 1.74. The Morgan fingerprint density at radius 1 is 1.03 bits per heavy atom. The van der Waals surface area contributed by atoms with Gasteiger partial charge in [-0.3, -0.25) is 9.59 Å². The van der Waals surface area contributed by atoms with E-state index in [9.17, 15) is 9.59 Å². The Morgan fingerprint density at radius 3 is 2.29 bits per heavy atom. The zero-order chi connectivity index (χ0) is 22.8. The second-order valence-electron chi connectivity index (χ2n) is 8.73. The number of carbonyl (C=O) groups is 2. The Kier molecular flexibility index (Phi) is 6.51. The van der Waals surface area contributed by atoms with Crippen molar-refractivity contribution in [2.75, 3.05) is 5.32 Å². The number of hydrogen-bond acceptors (Lipinski definition) is 3. The number of nitrogens with zero attached hydrogens (tertiary/aromatic N) is 2. The molecule has 0 aliphatic heterocycles. The van der Waals surface area contributed by atoms with Gasteiger partial charge in [0.25, 0.3) is 11.8 Å². The Morgan fingerprint density at radius 2 is 1.71 bits per heavy atom. The van der Waals surface area contributed by atoms with E-state index in [-0.39, 0.29) is 23.3 Å². The monoisotopic (exact) mass is 438 g/mol. The predicted molar refractivity (Wildman–Crippen MR) is 124 cm³/mol. The van der Waals surface area contributed by atoms with E-state index in [1.54, 1.807) is 41.2 Å². The molecule has 0 saturated heterocycles. The minimum Gasteiger partial charge on any atom is -0.347 e. The molecule has 0 aliphatic rings. The van der Waals surface area contributed by atoms with Crippen molar-refractivity contribution in [3.8, 4) is 5.69 Å². The van der Waals surface area contributed by atoms with Gasteiger partial charge in [0, 0.05) is 21.8 Å². The van der Waals surface area contributed by atoms with Gasteiger partial charge in [-0.2, -0.15) is 5.10 Å². The van der Waals surface area contributed by atoms with E-state index in [0.29, 0.717) is 21.8 Å². The molecule has 2 N–H and O–H groups in total. The highest BCUT2D eigenvalue weighted by Gasteiger charge is 2.21. The number of rotatable bonds is 5. The molecule has 3 rings (SSSR count). The molecule has 0 unspecified atom stereocenters. The van der Waals surface area contributed by atoms with Gasteiger partial charge < -0.3 is 10.6 Å². The van der Waals surface area contributed by atoms with Crippen molar-refractivity contribution in [3.05, 3.63) is 76.6 Å². The number of halogens is 1. The summed E-state index contributed by atoms with van der Waals surface area (Å²) in [7, 11) is 0. The number of anilines is 1. The molecule has 0 spiro atoms. The molecule has 0 radical (unpaired) electrons. The Labute approximate surface area is 187 Å². The molecular formula is C24H27ClN4O2. The van der Waals surface area contributed by atoms with Crippen LogP contribution in [0.15, 0.2) is 54.7 Å². The summed E-state index contributed by atoms with van der Waals surface area (Å²) in [5.74, 6) is -0.357. The van der Waals surface area contributed by atoms with Gasteiger partial charge in [-0.05, 0) is 69.2 Å². The Bertz CT molecular complexity index is 1100. The topological polar surface area (TPSA) is 76.0 Å². The van der Waals surface area contributed by atoms with E-state index < -0.39 is 0 Å². The van der Waals surface area contributed by atoms with E-state index >= 15 is 0 Å². The molecule has 3 aromatic rings. The average molecular weight is 439 g/mol. The molecule has 0 aliphatic carbocycles. The number of nitrogens with one attached hydrogen (secondary N) is 2. The smallest absolute Gasteiger partial charge is 0.259 e.